The Morgan fingerprint density at radius 1 is 0.938 bits per heavy atom. The third-order valence-electron chi connectivity index (χ3n) is 5.53. The number of hydrogen-bond donors (Lipinski definition) is 1. The van der Waals surface area contributed by atoms with Gasteiger partial charge < -0.3 is 14.6 Å². The smallest absolute Gasteiger partial charge is 0.170 e. The molecule has 1 saturated heterocycles. The summed E-state index contributed by atoms with van der Waals surface area (Å²) in [5.74, 6) is 1.43. The van der Waals surface area contributed by atoms with Gasteiger partial charge in [-0.1, -0.05) is 65.7 Å². The van der Waals surface area contributed by atoms with Gasteiger partial charge in [0.05, 0.1) is 21.8 Å². The summed E-state index contributed by atoms with van der Waals surface area (Å²) in [5, 5.41) is 5.07. The molecule has 1 aliphatic heterocycles. The van der Waals surface area contributed by atoms with Crippen molar-refractivity contribution in [2.45, 2.75) is 18.6 Å². The van der Waals surface area contributed by atoms with Gasteiger partial charge in [-0.15, -0.1) is 0 Å². The lowest BCUT2D eigenvalue weighted by Gasteiger charge is -2.26. The number of nitrogens with zero attached hydrogens (tertiary/aromatic N) is 2. The first kappa shape index (κ1) is 21.0. The van der Waals surface area contributed by atoms with Crippen LogP contribution in [0, 0.1) is 0 Å². The number of aromatic nitrogens is 1. The average Bonchev–Trinajstić information content (AvgIpc) is 3.42. The molecule has 4 nitrogen and oxygen atoms in total. The molecule has 2 aromatic carbocycles. The van der Waals surface area contributed by atoms with E-state index in [9.17, 15) is 0 Å². The molecule has 0 spiro atoms. The highest BCUT2D eigenvalue weighted by atomic mass is 35.5. The Labute approximate surface area is 201 Å². The zero-order chi connectivity index (χ0) is 22.1. The quantitative estimate of drug-likeness (QED) is 0.318. The van der Waals surface area contributed by atoms with E-state index in [1.54, 1.807) is 12.3 Å². The van der Waals surface area contributed by atoms with Gasteiger partial charge in [-0.05, 0) is 54.2 Å². The first-order chi connectivity index (χ1) is 15.6. The van der Waals surface area contributed by atoms with Crippen molar-refractivity contribution in [3.63, 3.8) is 0 Å². The summed E-state index contributed by atoms with van der Waals surface area (Å²) >= 11 is 18.4. The van der Waals surface area contributed by atoms with E-state index in [4.69, 9.17) is 39.8 Å². The Morgan fingerprint density at radius 3 is 2.53 bits per heavy atom. The van der Waals surface area contributed by atoms with Crippen molar-refractivity contribution in [3.05, 3.63) is 112 Å². The van der Waals surface area contributed by atoms with Crippen LogP contribution in [0.3, 0.4) is 0 Å². The Balaban J connectivity index is 1.56. The highest BCUT2D eigenvalue weighted by Gasteiger charge is 2.41. The van der Waals surface area contributed by atoms with Gasteiger partial charge >= 0.3 is 0 Å². The maximum Gasteiger partial charge on any atom is 0.170 e. The maximum absolute atomic E-state index is 6.43. The van der Waals surface area contributed by atoms with Gasteiger partial charge in [0.2, 0.25) is 0 Å². The molecular formula is C25H19Cl2N3OS. The second-order valence-corrected chi connectivity index (χ2v) is 8.72. The third kappa shape index (κ3) is 3.99. The van der Waals surface area contributed by atoms with Gasteiger partial charge in [0, 0.05) is 18.3 Å². The van der Waals surface area contributed by atoms with Crippen molar-refractivity contribution in [2.75, 3.05) is 0 Å². The molecule has 1 aliphatic rings. The largest absolute Gasteiger partial charge is 0.459 e. The summed E-state index contributed by atoms with van der Waals surface area (Å²) in [6, 6.07) is 25.2. The fraction of sp³-hybridized carbons (Fsp3) is 0.120. The number of rotatable bonds is 5. The number of pyridine rings is 1. The molecule has 5 rings (SSSR count). The van der Waals surface area contributed by atoms with Crippen LogP contribution in [-0.2, 0) is 6.54 Å². The van der Waals surface area contributed by atoms with Gasteiger partial charge in [-0.2, -0.15) is 0 Å². The molecule has 1 N–H and O–H groups in total. The first-order valence-corrected chi connectivity index (χ1v) is 11.3. The fourth-order valence-electron chi connectivity index (χ4n) is 4.02. The van der Waals surface area contributed by atoms with Crippen LogP contribution in [0.25, 0.3) is 11.3 Å². The zero-order valence-electron chi connectivity index (χ0n) is 16.9. The van der Waals surface area contributed by atoms with E-state index in [0.29, 0.717) is 27.5 Å². The zero-order valence-corrected chi connectivity index (χ0v) is 19.2. The number of nitrogens with one attached hydrogen (secondary N) is 1. The second-order valence-electron chi connectivity index (χ2n) is 7.54. The number of furan rings is 1. The van der Waals surface area contributed by atoms with Crippen molar-refractivity contribution in [1.29, 1.82) is 0 Å². The lowest BCUT2D eigenvalue weighted by Crippen LogP contribution is -2.29. The van der Waals surface area contributed by atoms with Gasteiger partial charge in [0.25, 0.3) is 0 Å². The molecule has 1 fully saturated rings. The lowest BCUT2D eigenvalue weighted by molar-refractivity contribution is 0.269. The summed E-state index contributed by atoms with van der Waals surface area (Å²) in [5.41, 5.74) is 2.81. The van der Waals surface area contributed by atoms with Crippen LogP contribution in [0.5, 0.6) is 0 Å². The minimum Gasteiger partial charge on any atom is -0.459 e. The molecular weight excluding hydrogens is 461 g/mol. The van der Waals surface area contributed by atoms with Gasteiger partial charge in [-0.3, -0.25) is 4.98 Å². The summed E-state index contributed by atoms with van der Waals surface area (Å²) in [6.45, 7) is 0.647. The molecule has 4 aromatic rings. The predicted octanol–water partition coefficient (Wildman–Crippen LogP) is 6.82. The number of benzene rings is 2. The van der Waals surface area contributed by atoms with Crippen molar-refractivity contribution >= 4 is 40.5 Å². The normalized spacial score (nSPS) is 18.1. The molecule has 0 bridgehead atoms. The molecule has 7 heteroatoms. The van der Waals surface area contributed by atoms with Crippen molar-refractivity contribution in [2.24, 2.45) is 0 Å². The van der Waals surface area contributed by atoms with Crippen LogP contribution in [0.4, 0.5) is 0 Å². The van der Waals surface area contributed by atoms with Crippen LogP contribution in [-0.4, -0.2) is 15.0 Å². The Bertz CT molecular complexity index is 1250. The second kappa shape index (κ2) is 8.94. The van der Waals surface area contributed by atoms with E-state index < -0.39 is 0 Å². The summed E-state index contributed by atoms with van der Waals surface area (Å²) in [7, 11) is 0. The lowest BCUT2D eigenvalue weighted by atomic mass is 10.0. The number of halogens is 2. The average molecular weight is 480 g/mol. The highest BCUT2D eigenvalue weighted by molar-refractivity contribution is 7.80. The molecule has 160 valence electrons. The first-order valence-electron chi connectivity index (χ1n) is 10.2. The minimum atomic E-state index is -0.177. The van der Waals surface area contributed by atoms with Crippen LogP contribution >= 0.6 is 35.4 Å². The van der Waals surface area contributed by atoms with E-state index in [1.807, 2.05) is 60.7 Å². The molecule has 0 saturated carbocycles. The van der Waals surface area contributed by atoms with E-state index >= 15 is 0 Å². The van der Waals surface area contributed by atoms with Gasteiger partial charge in [-0.25, -0.2) is 0 Å². The van der Waals surface area contributed by atoms with E-state index in [0.717, 1.165) is 22.6 Å². The van der Waals surface area contributed by atoms with Crippen molar-refractivity contribution in [1.82, 2.24) is 15.2 Å². The fourth-order valence-corrected chi connectivity index (χ4v) is 4.71. The third-order valence-corrected chi connectivity index (χ3v) is 6.70. The molecule has 2 atom stereocenters. The molecule has 3 heterocycles. The number of hydrogen-bond acceptors (Lipinski definition) is 3. The monoisotopic (exact) mass is 479 g/mol. The summed E-state index contributed by atoms with van der Waals surface area (Å²) in [4.78, 5) is 6.72. The predicted molar refractivity (Wildman–Crippen MR) is 132 cm³/mol. The molecule has 2 aromatic heterocycles. The Morgan fingerprint density at radius 2 is 1.75 bits per heavy atom. The molecule has 0 radical (unpaired) electrons. The standard InChI is InChI=1S/C25H19Cl2N3OS/c26-18-10-6-9-17(22(18)27)20-12-13-21(31-20)24-23(19-11-4-5-14-28-19)29-25(32)30(24)15-16-7-2-1-3-8-16/h1-14,23-24H,15H2,(H,29,32). The summed E-state index contributed by atoms with van der Waals surface area (Å²) in [6.07, 6.45) is 1.79. The van der Waals surface area contributed by atoms with Crippen molar-refractivity contribution in [3.8, 4) is 11.3 Å². The minimum absolute atomic E-state index is 0.152. The van der Waals surface area contributed by atoms with Gasteiger partial charge in [0.15, 0.2) is 5.11 Å². The van der Waals surface area contributed by atoms with Crippen molar-refractivity contribution < 1.29 is 4.42 Å². The molecule has 0 amide bonds. The van der Waals surface area contributed by atoms with Crippen LogP contribution in [0.2, 0.25) is 10.0 Å². The topological polar surface area (TPSA) is 41.3 Å². The molecule has 32 heavy (non-hydrogen) atoms. The van der Waals surface area contributed by atoms with Gasteiger partial charge in [0.1, 0.15) is 17.6 Å². The van der Waals surface area contributed by atoms with E-state index in [2.05, 4.69) is 27.3 Å². The highest BCUT2D eigenvalue weighted by Crippen LogP contribution is 2.42. The van der Waals surface area contributed by atoms with Crippen LogP contribution in [0.15, 0.2) is 89.5 Å². The van der Waals surface area contributed by atoms with E-state index in [1.165, 1.54) is 0 Å². The van der Waals surface area contributed by atoms with Crippen LogP contribution in [0.1, 0.15) is 29.1 Å². The SMILES string of the molecule is S=C1NC(c2ccccn2)C(c2ccc(-c3cccc(Cl)c3Cl)o2)N1Cc1ccccc1. The maximum atomic E-state index is 6.43. The summed E-state index contributed by atoms with van der Waals surface area (Å²) < 4.78 is 6.35. The van der Waals surface area contributed by atoms with Crippen LogP contribution < -0.4 is 5.32 Å². The van der Waals surface area contributed by atoms with E-state index in [-0.39, 0.29) is 12.1 Å². The Hall–Kier alpha value is -2.86. The molecule has 0 aliphatic carbocycles. The number of thiocarbonyl (C=S) groups is 1. The molecule has 2 unspecified atom stereocenters. The Kier molecular flexibility index (Phi) is 5.87.